The first kappa shape index (κ1) is 25.4. The van der Waals surface area contributed by atoms with Crippen molar-refractivity contribution in [3.8, 4) is 12.3 Å². The number of likely N-dealkylation sites (tertiary alicyclic amines) is 1. The van der Waals surface area contributed by atoms with Crippen molar-refractivity contribution in [3.05, 3.63) is 53.7 Å². The van der Waals surface area contributed by atoms with Crippen LogP contribution in [0.2, 0.25) is 0 Å². The Morgan fingerprint density at radius 3 is 2.57 bits per heavy atom. The van der Waals surface area contributed by atoms with Crippen LogP contribution >= 0.6 is 0 Å². The highest BCUT2D eigenvalue weighted by Crippen LogP contribution is 2.23. The van der Waals surface area contributed by atoms with Crippen molar-refractivity contribution in [2.75, 3.05) is 59.0 Å². The average molecular weight is 481 g/mol. The van der Waals surface area contributed by atoms with E-state index in [-0.39, 0.29) is 19.1 Å². The van der Waals surface area contributed by atoms with Crippen LogP contribution in [0.15, 0.2) is 41.0 Å². The number of aliphatic hydroxyl groups is 1. The number of carbonyl (C=O) groups is 1. The maximum atomic E-state index is 12.9. The van der Waals surface area contributed by atoms with Crippen molar-refractivity contribution in [2.45, 2.75) is 31.9 Å². The number of aliphatic hydroxyl groups excluding tert-OH is 1. The van der Waals surface area contributed by atoms with Gasteiger partial charge >= 0.3 is 0 Å². The van der Waals surface area contributed by atoms with Crippen LogP contribution in [0.25, 0.3) is 0 Å². The molecule has 1 aromatic carbocycles. The molecule has 2 aromatic rings. The van der Waals surface area contributed by atoms with Crippen LogP contribution in [0.1, 0.15) is 34.8 Å². The van der Waals surface area contributed by atoms with Crippen LogP contribution in [0.4, 0.5) is 0 Å². The number of aromatic nitrogens is 1. The summed E-state index contributed by atoms with van der Waals surface area (Å²) >= 11 is 0. The number of amides is 1. The number of piperazine rings is 1. The van der Waals surface area contributed by atoms with Crippen molar-refractivity contribution in [1.82, 2.24) is 19.7 Å². The average Bonchev–Trinajstić information content (AvgIpc) is 3.34. The maximum Gasteiger partial charge on any atom is 0.275 e. The highest BCUT2D eigenvalue weighted by molar-refractivity contribution is 5.92. The first-order chi connectivity index (χ1) is 17.1. The van der Waals surface area contributed by atoms with Crippen LogP contribution in [0, 0.1) is 18.3 Å². The van der Waals surface area contributed by atoms with Crippen molar-refractivity contribution in [2.24, 2.45) is 5.92 Å². The third-order valence-electron chi connectivity index (χ3n) is 6.83. The van der Waals surface area contributed by atoms with E-state index >= 15 is 0 Å². The van der Waals surface area contributed by atoms with E-state index in [1.54, 1.807) is 0 Å². The van der Waals surface area contributed by atoms with E-state index in [9.17, 15) is 9.90 Å². The molecule has 3 heterocycles. The number of hydrogen-bond acceptors (Lipinski definition) is 7. The fourth-order valence-corrected chi connectivity index (χ4v) is 4.86. The van der Waals surface area contributed by atoms with Gasteiger partial charge in [-0.3, -0.25) is 14.6 Å². The minimum Gasteiger partial charge on any atom is -0.447 e. The SMILES string of the molecule is C#CCOCC(O)CN1CCN(Cc2nc(C(=O)N3CCC(Cc4ccccc4)CC3)co2)CC1. The molecular formula is C27H36N4O4. The van der Waals surface area contributed by atoms with Crippen molar-refractivity contribution in [1.29, 1.82) is 0 Å². The van der Waals surface area contributed by atoms with Gasteiger partial charge in [0.1, 0.15) is 12.9 Å². The Kier molecular flexibility index (Phi) is 9.32. The zero-order valence-corrected chi connectivity index (χ0v) is 20.3. The van der Waals surface area contributed by atoms with Crippen LogP contribution in [0.5, 0.6) is 0 Å². The van der Waals surface area contributed by atoms with Crippen LogP contribution in [-0.2, 0) is 17.7 Å². The highest BCUT2D eigenvalue weighted by Gasteiger charge is 2.26. The van der Waals surface area contributed by atoms with Gasteiger partial charge in [-0.2, -0.15) is 0 Å². The highest BCUT2D eigenvalue weighted by atomic mass is 16.5. The van der Waals surface area contributed by atoms with Gasteiger partial charge in [-0.05, 0) is 30.7 Å². The smallest absolute Gasteiger partial charge is 0.275 e. The Balaban J connectivity index is 1.17. The molecule has 8 nitrogen and oxygen atoms in total. The number of carbonyl (C=O) groups excluding carboxylic acids is 1. The van der Waals surface area contributed by atoms with Gasteiger partial charge in [0, 0.05) is 45.8 Å². The molecule has 2 saturated heterocycles. The molecule has 4 rings (SSSR count). The summed E-state index contributed by atoms with van der Waals surface area (Å²) in [6.45, 7) is 6.52. The van der Waals surface area contributed by atoms with Gasteiger partial charge < -0.3 is 19.2 Å². The van der Waals surface area contributed by atoms with Gasteiger partial charge in [-0.25, -0.2) is 4.98 Å². The molecule has 1 atom stereocenters. The fraction of sp³-hybridized carbons (Fsp3) is 0.556. The molecule has 35 heavy (non-hydrogen) atoms. The van der Waals surface area contributed by atoms with E-state index in [1.807, 2.05) is 11.0 Å². The third-order valence-corrected chi connectivity index (χ3v) is 6.83. The normalized spacial score (nSPS) is 18.9. The van der Waals surface area contributed by atoms with Crippen LogP contribution < -0.4 is 0 Å². The number of ether oxygens (including phenoxy) is 1. The van der Waals surface area contributed by atoms with Gasteiger partial charge in [0.2, 0.25) is 5.89 Å². The largest absolute Gasteiger partial charge is 0.447 e. The second-order valence-corrected chi connectivity index (χ2v) is 9.50. The first-order valence-corrected chi connectivity index (χ1v) is 12.5. The number of hydrogen-bond donors (Lipinski definition) is 1. The monoisotopic (exact) mass is 480 g/mol. The molecule has 8 heteroatoms. The fourth-order valence-electron chi connectivity index (χ4n) is 4.86. The van der Waals surface area contributed by atoms with E-state index in [0.717, 1.165) is 58.5 Å². The minimum atomic E-state index is -0.543. The van der Waals surface area contributed by atoms with Gasteiger partial charge in [0.15, 0.2) is 5.69 Å². The third kappa shape index (κ3) is 7.64. The molecule has 2 aliphatic rings. The summed E-state index contributed by atoms with van der Waals surface area (Å²) in [7, 11) is 0. The first-order valence-electron chi connectivity index (χ1n) is 12.5. The summed E-state index contributed by atoms with van der Waals surface area (Å²) in [5.41, 5.74) is 1.76. The molecule has 2 fully saturated rings. The van der Waals surface area contributed by atoms with Gasteiger partial charge in [-0.1, -0.05) is 36.3 Å². The number of terminal acetylenes is 1. The summed E-state index contributed by atoms with van der Waals surface area (Å²) in [5.74, 6) is 3.55. The number of benzene rings is 1. The number of piperidine rings is 1. The molecular weight excluding hydrogens is 444 g/mol. The van der Waals surface area contributed by atoms with Crippen molar-refractivity contribution < 1.29 is 19.1 Å². The number of nitrogens with zero attached hydrogens (tertiary/aromatic N) is 4. The van der Waals surface area contributed by atoms with E-state index in [4.69, 9.17) is 15.6 Å². The Labute approximate surface area is 207 Å². The predicted molar refractivity (Wildman–Crippen MR) is 133 cm³/mol. The molecule has 2 aliphatic heterocycles. The molecule has 1 N–H and O–H groups in total. The summed E-state index contributed by atoms with van der Waals surface area (Å²) in [6, 6.07) is 10.6. The van der Waals surface area contributed by atoms with E-state index in [0.29, 0.717) is 30.6 Å². The Morgan fingerprint density at radius 2 is 1.86 bits per heavy atom. The lowest BCUT2D eigenvalue weighted by Gasteiger charge is -2.34. The second kappa shape index (κ2) is 12.8. The van der Waals surface area contributed by atoms with Gasteiger partial charge in [0.05, 0.1) is 19.3 Å². The van der Waals surface area contributed by atoms with E-state index in [2.05, 4.69) is 45.0 Å². The van der Waals surface area contributed by atoms with Crippen molar-refractivity contribution >= 4 is 5.91 Å². The zero-order chi connectivity index (χ0) is 24.5. The Bertz CT molecular complexity index is 957. The molecule has 0 bridgehead atoms. The summed E-state index contributed by atoms with van der Waals surface area (Å²) in [4.78, 5) is 23.8. The van der Waals surface area contributed by atoms with E-state index < -0.39 is 6.10 Å². The second-order valence-electron chi connectivity index (χ2n) is 9.50. The van der Waals surface area contributed by atoms with Gasteiger partial charge in [0.25, 0.3) is 5.91 Å². The molecule has 0 radical (unpaired) electrons. The summed E-state index contributed by atoms with van der Waals surface area (Å²) in [5, 5.41) is 10.1. The standard InChI is InChI=1S/C27H36N4O4/c1-2-16-34-20-24(32)18-29-12-14-30(15-13-29)19-26-28-25(21-35-26)27(33)31-10-8-23(9-11-31)17-22-6-4-3-5-7-22/h1,3-7,21,23-24,32H,8-20H2. The maximum absolute atomic E-state index is 12.9. The lowest BCUT2D eigenvalue weighted by atomic mass is 9.90. The van der Waals surface area contributed by atoms with Crippen molar-refractivity contribution in [3.63, 3.8) is 0 Å². The molecule has 0 saturated carbocycles. The molecule has 1 amide bonds. The number of β-amino-alcohol motifs (C(OH)–C–C–N with tert-alkyl or cyclic N) is 1. The molecule has 1 aromatic heterocycles. The quantitative estimate of drug-likeness (QED) is 0.411. The number of oxazole rings is 1. The van der Waals surface area contributed by atoms with E-state index in [1.165, 1.54) is 11.8 Å². The molecule has 0 aliphatic carbocycles. The van der Waals surface area contributed by atoms with Gasteiger partial charge in [-0.15, -0.1) is 6.42 Å². The molecule has 188 valence electrons. The lowest BCUT2D eigenvalue weighted by Crippen LogP contribution is -2.48. The lowest BCUT2D eigenvalue weighted by molar-refractivity contribution is 0.0146. The molecule has 1 unspecified atom stereocenters. The van der Waals surface area contributed by atoms with Crippen LogP contribution in [-0.4, -0.2) is 95.8 Å². The zero-order valence-electron chi connectivity index (χ0n) is 20.3. The number of rotatable bonds is 10. The summed E-state index contributed by atoms with van der Waals surface area (Å²) < 4.78 is 10.8. The minimum absolute atomic E-state index is 0.0379. The molecule has 0 spiro atoms. The summed E-state index contributed by atoms with van der Waals surface area (Å²) in [6.07, 6.45) is 9.21. The Morgan fingerprint density at radius 1 is 1.14 bits per heavy atom. The topological polar surface area (TPSA) is 82.3 Å². The Hall–Kier alpha value is -2.70. The predicted octanol–water partition coefficient (Wildman–Crippen LogP) is 1.90. The van der Waals surface area contributed by atoms with Crippen LogP contribution in [0.3, 0.4) is 0 Å².